The molecule has 0 fully saturated rings. The van der Waals surface area contributed by atoms with Crippen molar-refractivity contribution in [3.8, 4) is 0 Å². The number of carboxylic acids is 2. The molecular weight excluding hydrogens is 244 g/mol. The van der Waals surface area contributed by atoms with E-state index in [0.29, 0.717) is 6.61 Å². The quantitative estimate of drug-likeness (QED) is 0.572. The number of carbonyl (C=O) groups excluding carboxylic acids is 2. The van der Waals surface area contributed by atoms with Crippen LogP contribution in [0.3, 0.4) is 0 Å². The van der Waals surface area contributed by atoms with Gasteiger partial charge in [-0.05, 0) is 13.8 Å². The van der Waals surface area contributed by atoms with Gasteiger partial charge in [0, 0.05) is 20.3 Å². The van der Waals surface area contributed by atoms with Crippen LogP contribution in [-0.4, -0.2) is 41.0 Å². The Morgan fingerprint density at radius 2 is 1.33 bits per heavy atom. The monoisotopic (exact) mass is 266 g/mol. The Hall–Kier alpha value is -1.92. The van der Waals surface area contributed by atoms with Crippen molar-refractivity contribution < 1.29 is 34.1 Å². The highest BCUT2D eigenvalue weighted by Crippen LogP contribution is 1.69. The minimum Gasteiger partial charge on any atom is -0.481 e. The van der Waals surface area contributed by atoms with Gasteiger partial charge in [0.2, 0.25) is 0 Å². The van der Waals surface area contributed by atoms with E-state index in [2.05, 4.69) is 4.74 Å². The molecule has 0 atom stereocenters. The van der Waals surface area contributed by atoms with E-state index >= 15 is 0 Å². The first kappa shape index (κ1) is 25.1. The summed E-state index contributed by atoms with van der Waals surface area (Å²) in [7, 11) is 0. The van der Waals surface area contributed by atoms with Gasteiger partial charge in [0.05, 0.1) is 6.61 Å². The maximum absolute atomic E-state index is 9.82. The smallest absolute Gasteiger partial charge is 0.303 e. The zero-order valence-corrected chi connectivity index (χ0v) is 11.4. The molecule has 0 heterocycles. The number of aldehydes is 1. The van der Waals surface area contributed by atoms with E-state index in [9.17, 15) is 9.59 Å². The fourth-order valence-electron chi connectivity index (χ4n) is 0.203. The lowest BCUT2D eigenvalue weighted by molar-refractivity contribution is -0.140. The number of hydrogen-bond acceptors (Lipinski definition) is 5. The first-order chi connectivity index (χ1) is 8.19. The number of hydrogen-bond donors (Lipinski definition) is 2. The van der Waals surface area contributed by atoms with E-state index in [1.165, 1.54) is 13.8 Å². The number of carboxylic acid groups (broad SMARTS) is 2. The van der Waals surface area contributed by atoms with Gasteiger partial charge in [-0.2, -0.15) is 0 Å². The maximum Gasteiger partial charge on any atom is 0.303 e. The minimum absolute atomic E-state index is 0.211. The predicted octanol–water partition coefficient (Wildman–Crippen LogP) is 1.35. The van der Waals surface area contributed by atoms with Crippen LogP contribution in [0.1, 0.15) is 41.0 Å². The van der Waals surface area contributed by atoms with Crippen molar-refractivity contribution in [3.05, 3.63) is 0 Å². The number of rotatable bonds is 2. The van der Waals surface area contributed by atoms with Gasteiger partial charge < -0.3 is 19.7 Å². The summed E-state index contributed by atoms with van der Waals surface area (Å²) in [4.78, 5) is 37.0. The van der Waals surface area contributed by atoms with Crippen molar-refractivity contribution in [2.45, 2.75) is 41.0 Å². The lowest BCUT2D eigenvalue weighted by atomic mass is 10.5. The third-order valence-electron chi connectivity index (χ3n) is 0.650. The molecule has 0 aliphatic carbocycles. The summed E-state index contributed by atoms with van der Waals surface area (Å²) in [5.74, 6) is -1.79. The molecule has 0 aliphatic rings. The Balaban J connectivity index is -0.0000000750. The van der Waals surface area contributed by atoms with Gasteiger partial charge in [-0.3, -0.25) is 14.4 Å². The molecule has 18 heavy (non-hydrogen) atoms. The standard InChI is InChI=1S/C4H8O2.C3H6O2.C2H4O2.C2H4O/c1-3-6-4(2)5;1-2-3(4)5;1-2(3)4;1-2-3/h3H2,1-2H3;2H2,1H3,(H,4,5);1H3,(H,3,4);2H,1H3. The number of ether oxygens (including phenoxy) is 1. The second-order valence-corrected chi connectivity index (χ2v) is 2.43. The van der Waals surface area contributed by atoms with Crippen molar-refractivity contribution in [1.82, 2.24) is 0 Å². The Morgan fingerprint density at radius 1 is 1.11 bits per heavy atom. The summed E-state index contributed by atoms with van der Waals surface area (Å²) in [5.41, 5.74) is 0. The highest BCUT2D eigenvalue weighted by Gasteiger charge is 1.81. The van der Waals surface area contributed by atoms with Gasteiger partial charge in [-0.15, -0.1) is 0 Å². The van der Waals surface area contributed by atoms with Gasteiger partial charge in [0.25, 0.3) is 5.97 Å². The van der Waals surface area contributed by atoms with Crippen LogP contribution in [0, 0.1) is 0 Å². The minimum atomic E-state index is -0.833. The van der Waals surface area contributed by atoms with Crippen LogP contribution in [0.4, 0.5) is 0 Å². The molecule has 7 heteroatoms. The van der Waals surface area contributed by atoms with E-state index in [0.717, 1.165) is 13.2 Å². The topological polar surface area (TPSA) is 118 Å². The van der Waals surface area contributed by atoms with E-state index in [1.54, 1.807) is 13.8 Å². The predicted molar refractivity (Wildman–Crippen MR) is 65.3 cm³/mol. The first-order valence-electron chi connectivity index (χ1n) is 5.13. The molecule has 0 aromatic heterocycles. The normalized spacial score (nSPS) is 6.72. The number of aliphatic carboxylic acids is 2. The van der Waals surface area contributed by atoms with Gasteiger partial charge in [0.1, 0.15) is 6.29 Å². The van der Waals surface area contributed by atoms with Crippen molar-refractivity contribution in [2.75, 3.05) is 6.61 Å². The molecule has 0 bridgehead atoms. The molecule has 0 aromatic rings. The molecule has 0 radical (unpaired) electrons. The molecule has 0 unspecified atom stereocenters. The Labute approximate surface area is 107 Å². The van der Waals surface area contributed by atoms with E-state index in [4.69, 9.17) is 19.8 Å². The Morgan fingerprint density at radius 3 is 1.33 bits per heavy atom. The van der Waals surface area contributed by atoms with Crippen molar-refractivity contribution in [1.29, 1.82) is 0 Å². The molecule has 0 aromatic carbocycles. The first-order valence-corrected chi connectivity index (χ1v) is 5.13. The lowest BCUT2D eigenvalue weighted by Gasteiger charge is -1.89. The molecule has 0 saturated heterocycles. The molecule has 0 aliphatic heterocycles. The Bertz CT molecular complexity index is 219. The third kappa shape index (κ3) is 254. The van der Waals surface area contributed by atoms with Crippen LogP contribution in [0.5, 0.6) is 0 Å². The van der Waals surface area contributed by atoms with Crippen LogP contribution in [0.25, 0.3) is 0 Å². The van der Waals surface area contributed by atoms with Crippen LogP contribution in [0.15, 0.2) is 0 Å². The fraction of sp³-hybridized carbons (Fsp3) is 0.636. The van der Waals surface area contributed by atoms with Crippen LogP contribution < -0.4 is 0 Å². The third-order valence-corrected chi connectivity index (χ3v) is 0.650. The second kappa shape index (κ2) is 24.4. The molecular formula is C11H22O7. The molecule has 7 nitrogen and oxygen atoms in total. The van der Waals surface area contributed by atoms with E-state index < -0.39 is 11.9 Å². The highest BCUT2D eigenvalue weighted by molar-refractivity contribution is 5.66. The second-order valence-electron chi connectivity index (χ2n) is 2.43. The zero-order valence-electron chi connectivity index (χ0n) is 11.4. The van der Waals surface area contributed by atoms with Gasteiger partial charge >= 0.3 is 11.9 Å². The van der Waals surface area contributed by atoms with E-state index in [1.807, 2.05) is 0 Å². The average molecular weight is 266 g/mol. The molecule has 0 rings (SSSR count). The summed E-state index contributed by atoms with van der Waals surface area (Å²) in [6.07, 6.45) is 0.972. The summed E-state index contributed by atoms with van der Waals surface area (Å²) in [6.45, 7) is 7.78. The maximum atomic E-state index is 9.82. The number of esters is 1. The SMILES string of the molecule is CC(=O)O.CC=O.CCC(=O)O.CCOC(C)=O. The van der Waals surface area contributed by atoms with Crippen LogP contribution in [0.2, 0.25) is 0 Å². The fourth-order valence-corrected chi connectivity index (χ4v) is 0.203. The Kier molecular flexibility index (Phi) is 33.9. The summed E-state index contributed by atoms with van der Waals surface area (Å²) in [6, 6.07) is 0. The number of carbonyl (C=O) groups is 4. The molecule has 108 valence electrons. The summed E-state index contributed by atoms with van der Waals surface area (Å²) in [5, 5.41) is 15.1. The highest BCUT2D eigenvalue weighted by atomic mass is 16.5. The molecule has 2 N–H and O–H groups in total. The summed E-state index contributed by atoms with van der Waals surface area (Å²) >= 11 is 0. The summed E-state index contributed by atoms with van der Waals surface area (Å²) < 4.78 is 4.40. The van der Waals surface area contributed by atoms with Gasteiger partial charge in [-0.25, -0.2) is 0 Å². The lowest BCUT2D eigenvalue weighted by Crippen LogP contribution is -1.95. The van der Waals surface area contributed by atoms with Gasteiger partial charge in [0.15, 0.2) is 0 Å². The van der Waals surface area contributed by atoms with Crippen molar-refractivity contribution in [2.24, 2.45) is 0 Å². The van der Waals surface area contributed by atoms with Crippen LogP contribution >= 0.6 is 0 Å². The largest absolute Gasteiger partial charge is 0.481 e. The molecule has 0 spiro atoms. The molecule has 0 amide bonds. The zero-order chi connectivity index (χ0) is 15.6. The van der Waals surface area contributed by atoms with Crippen molar-refractivity contribution >= 4 is 24.2 Å². The van der Waals surface area contributed by atoms with Gasteiger partial charge in [-0.1, -0.05) is 6.92 Å². The van der Waals surface area contributed by atoms with Crippen molar-refractivity contribution in [3.63, 3.8) is 0 Å². The molecule has 0 saturated carbocycles. The van der Waals surface area contributed by atoms with Crippen LogP contribution in [-0.2, 0) is 23.9 Å². The van der Waals surface area contributed by atoms with E-state index in [-0.39, 0.29) is 12.4 Å². The average Bonchev–Trinajstić information content (AvgIpc) is 2.18.